The van der Waals surface area contributed by atoms with E-state index in [4.69, 9.17) is 0 Å². The minimum Gasteiger partial charge on any atom is -0.378 e. The smallest absolute Gasteiger partial charge is 0.378 e. The SMILES string of the molecule is CCN(C(=O)OS)C(C)c1nc(-c2ccc(F)cc2)c(-c2ccc(F)cc2)[nH]1. The van der Waals surface area contributed by atoms with Crippen molar-refractivity contribution in [2.45, 2.75) is 19.9 Å². The molecule has 0 aliphatic carbocycles. The Balaban J connectivity index is 2.10. The Morgan fingerprint density at radius 2 is 1.64 bits per heavy atom. The molecular formula is C20H19F2N3O2S. The van der Waals surface area contributed by atoms with Crippen LogP contribution in [0, 0.1) is 11.6 Å². The zero-order valence-corrected chi connectivity index (χ0v) is 16.2. The molecule has 0 fully saturated rings. The monoisotopic (exact) mass is 403 g/mol. The van der Waals surface area contributed by atoms with Gasteiger partial charge in [-0.3, -0.25) is 4.90 Å². The molecule has 0 saturated carbocycles. The van der Waals surface area contributed by atoms with Gasteiger partial charge in [0, 0.05) is 30.6 Å². The predicted octanol–water partition coefficient (Wildman–Crippen LogP) is 5.39. The number of halogens is 2. The number of rotatable bonds is 5. The van der Waals surface area contributed by atoms with Crippen molar-refractivity contribution in [3.8, 4) is 22.5 Å². The maximum absolute atomic E-state index is 13.4. The molecule has 0 bridgehead atoms. The topological polar surface area (TPSA) is 58.2 Å². The van der Waals surface area contributed by atoms with Crippen LogP contribution in [0.1, 0.15) is 25.7 Å². The second-order valence-electron chi connectivity index (χ2n) is 6.18. The van der Waals surface area contributed by atoms with Crippen LogP contribution < -0.4 is 0 Å². The van der Waals surface area contributed by atoms with E-state index in [1.165, 1.54) is 29.2 Å². The van der Waals surface area contributed by atoms with Gasteiger partial charge in [0.1, 0.15) is 17.5 Å². The van der Waals surface area contributed by atoms with Gasteiger partial charge in [0.15, 0.2) is 0 Å². The minimum absolute atomic E-state index is 0.353. The molecule has 0 aliphatic heterocycles. The highest BCUT2D eigenvalue weighted by Gasteiger charge is 2.25. The summed E-state index contributed by atoms with van der Waals surface area (Å²) in [5.74, 6) is -0.196. The van der Waals surface area contributed by atoms with E-state index >= 15 is 0 Å². The molecule has 1 amide bonds. The van der Waals surface area contributed by atoms with Gasteiger partial charge >= 0.3 is 6.09 Å². The van der Waals surface area contributed by atoms with Crippen LogP contribution in [0.3, 0.4) is 0 Å². The van der Waals surface area contributed by atoms with Crippen LogP contribution in [0.5, 0.6) is 0 Å². The number of carbonyl (C=O) groups excluding carboxylic acids is 1. The second-order valence-corrected chi connectivity index (χ2v) is 6.36. The van der Waals surface area contributed by atoms with Gasteiger partial charge in [-0.15, -0.1) is 0 Å². The lowest BCUT2D eigenvalue weighted by Crippen LogP contribution is -2.33. The first-order valence-corrected chi connectivity index (χ1v) is 9.05. The number of thiol groups is 1. The zero-order chi connectivity index (χ0) is 20.3. The number of nitrogens with one attached hydrogen (secondary N) is 1. The summed E-state index contributed by atoms with van der Waals surface area (Å²) in [5, 5.41) is 0. The molecular weight excluding hydrogens is 384 g/mol. The van der Waals surface area contributed by atoms with E-state index in [1.807, 2.05) is 6.92 Å². The maximum Gasteiger partial charge on any atom is 0.422 e. The Kier molecular flexibility index (Phi) is 5.99. The molecule has 0 aliphatic rings. The van der Waals surface area contributed by atoms with Gasteiger partial charge in [0.05, 0.1) is 17.4 Å². The molecule has 28 heavy (non-hydrogen) atoms. The molecule has 0 saturated heterocycles. The molecule has 8 heteroatoms. The van der Waals surface area contributed by atoms with Crippen LogP contribution in [0.4, 0.5) is 13.6 Å². The number of benzene rings is 2. The summed E-state index contributed by atoms with van der Waals surface area (Å²) >= 11 is 3.58. The summed E-state index contributed by atoms with van der Waals surface area (Å²) in [6.07, 6.45) is -0.596. The minimum atomic E-state index is -0.596. The fraction of sp³-hybridized carbons (Fsp3) is 0.200. The molecule has 1 heterocycles. The lowest BCUT2D eigenvalue weighted by Gasteiger charge is -2.24. The lowest BCUT2D eigenvalue weighted by molar-refractivity contribution is 0.144. The quantitative estimate of drug-likeness (QED) is 0.444. The van der Waals surface area contributed by atoms with Crippen molar-refractivity contribution in [3.05, 3.63) is 66.0 Å². The van der Waals surface area contributed by atoms with Gasteiger partial charge in [0.25, 0.3) is 0 Å². The first kappa shape index (κ1) is 19.9. The van der Waals surface area contributed by atoms with Gasteiger partial charge in [-0.1, -0.05) is 0 Å². The standard InChI is InChI=1S/C20H19F2N3O2S/c1-3-25(20(26)27-28)12(2)19-23-17(13-4-8-15(21)9-5-13)18(24-19)14-6-10-16(22)11-7-14/h4-12,28H,3H2,1-2H3,(H,23,24). The summed E-state index contributed by atoms with van der Waals surface area (Å²) in [6.45, 7) is 4.00. The third-order valence-corrected chi connectivity index (χ3v) is 4.65. The molecule has 1 aromatic heterocycles. The Hall–Kier alpha value is -2.87. The molecule has 0 radical (unpaired) electrons. The van der Waals surface area contributed by atoms with Crippen molar-refractivity contribution < 1.29 is 17.8 Å². The molecule has 146 valence electrons. The van der Waals surface area contributed by atoms with Crippen molar-refractivity contribution in [1.82, 2.24) is 14.9 Å². The number of hydrogen-bond donors (Lipinski definition) is 2. The fourth-order valence-corrected chi connectivity index (χ4v) is 3.10. The Morgan fingerprint density at radius 3 is 2.14 bits per heavy atom. The zero-order valence-electron chi connectivity index (χ0n) is 15.3. The molecule has 5 nitrogen and oxygen atoms in total. The summed E-state index contributed by atoms with van der Waals surface area (Å²) in [4.78, 5) is 21.3. The van der Waals surface area contributed by atoms with E-state index < -0.39 is 12.1 Å². The Morgan fingerprint density at radius 1 is 1.11 bits per heavy atom. The van der Waals surface area contributed by atoms with E-state index in [1.54, 1.807) is 31.2 Å². The number of carbonyl (C=O) groups is 1. The van der Waals surface area contributed by atoms with E-state index in [2.05, 4.69) is 27.1 Å². The normalized spacial score (nSPS) is 11.9. The number of amides is 1. The van der Waals surface area contributed by atoms with Crippen LogP contribution in [-0.2, 0) is 4.18 Å². The van der Waals surface area contributed by atoms with E-state index in [0.717, 1.165) is 0 Å². The molecule has 1 N–H and O–H groups in total. The summed E-state index contributed by atoms with van der Waals surface area (Å²) in [6, 6.07) is 11.5. The second kappa shape index (κ2) is 8.43. The van der Waals surface area contributed by atoms with Crippen LogP contribution in [0.15, 0.2) is 48.5 Å². The Labute approximate surface area is 167 Å². The van der Waals surface area contributed by atoms with E-state index in [9.17, 15) is 13.6 Å². The maximum atomic E-state index is 13.4. The van der Waals surface area contributed by atoms with Crippen LogP contribution >= 0.6 is 12.9 Å². The van der Waals surface area contributed by atoms with Crippen molar-refractivity contribution in [1.29, 1.82) is 0 Å². The molecule has 1 atom stereocenters. The third-order valence-electron chi connectivity index (χ3n) is 4.49. The molecule has 0 spiro atoms. The van der Waals surface area contributed by atoms with Crippen molar-refractivity contribution in [2.75, 3.05) is 6.54 Å². The summed E-state index contributed by atoms with van der Waals surface area (Å²) in [5.41, 5.74) is 2.62. The van der Waals surface area contributed by atoms with E-state index in [0.29, 0.717) is 34.9 Å². The van der Waals surface area contributed by atoms with Crippen molar-refractivity contribution >= 4 is 19.0 Å². The lowest BCUT2D eigenvalue weighted by atomic mass is 10.1. The number of H-pyrrole nitrogens is 1. The number of hydrogen-bond acceptors (Lipinski definition) is 4. The first-order chi connectivity index (χ1) is 13.4. The number of imidazole rings is 1. The first-order valence-electron chi connectivity index (χ1n) is 8.68. The highest BCUT2D eigenvalue weighted by Crippen LogP contribution is 2.33. The number of aromatic amines is 1. The summed E-state index contributed by atoms with van der Waals surface area (Å²) in [7, 11) is 0. The number of aromatic nitrogens is 2. The average Bonchev–Trinajstić information content (AvgIpc) is 3.14. The molecule has 1 unspecified atom stereocenters. The summed E-state index contributed by atoms with van der Waals surface area (Å²) < 4.78 is 31.2. The highest BCUT2D eigenvalue weighted by molar-refractivity contribution is 7.75. The fourth-order valence-electron chi connectivity index (χ4n) is 2.99. The van der Waals surface area contributed by atoms with Crippen LogP contribution in [0.25, 0.3) is 22.5 Å². The van der Waals surface area contributed by atoms with Crippen LogP contribution in [-0.4, -0.2) is 27.5 Å². The number of nitrogens with zero attached hydrogens (tertiary/aromatic N) is 2. The van der Waals surface area contributed by atoms with E-state index in [-0.39, 0.29) is 11.6 Å². The van der Waals surface area contributed by atoms with Gasteiger partial charge in [-0.05, 0) is 62.4 Å². The molecule has 3 aromatic rings. The molecule has 3 rings (SSSR count). The van der Waals surface area contributed by atoms with Crippen molar-refractivity contribution in [2.24, 2.45) is 0 Å². The van der Waals surface area contributed by atoms with Gasteiger partial charge in [0.2, 0.25) is 0 Å². The average molecular weight is 403 g/mol. The van der Waals surface area contributed by atoms with Gasteiger partial charge < -0.3 is 9.17 Å². The van der Waals surface area contributed by atoms with Crippen LogP contribution in [0.2, 0.25) is 0 Å². The predicted molar refractivity (Wildman–Crippen MR) is 106 cm³/mol. The third kappa shape index (κ3) is 4.01. The molecule has 2 aromatic carbocycles. The van der Waals surface area contributed by atoms with Crippen molar-refractivity contribution in [3.63, 3.8) is 0 Å². The Bertz CT molecular complexity index is 896. The highest BCUT2D eigenvalue weighted by atomic mass is 32.1. The largest absolute Gasteiger partial charge is 0.422 e. The van der Waals surface area contributed by atoms with Gasteiger partial charge in [-0.25, -0.2) is 18.6 Å². The van der Waals surface area contributed by atoms with Gasteiger partial charge in [-0.2, -0.15) is 0 Å².